The summed E-state index contributed by atoms with van der Waals surface area (Å²) in [6, 6.07) is 11.7. The summed E-state index contributed by atoms with van der Waals surface area (Å²) in [5.74, 6) is -0.399. The van der Waals surface area contributed by atoms with Crippen LogP contribution in [0.3, 0.4) is 0 Å². The number of aromatic amines is 1. The predicted molar refractivity (Wildman–Crippen MR) is 94.0 cm³/mol. The van der Waals surface area contributed by atoms with Crippen molar-refractivity contribution in [3.8, 4) is 0 Å². The second-order valence-electron chi connectivity index (χ2n) is 6.60. The third-order valence-electron chi connectivity index (χ3n) is 3.77. The van der Waals surface area contributed by atoms with Crippen LogP contribution >= 0.6 is 0 Å². The molecule has 0 aliphatic rings. The Hall–Kier alpha value is -2.47. The minimum absolute atomic E-state index is 0.0782. The SMILES string of the molecule is Cc1cc(C(=O)NCC(C)(C)NC(C)c2ccccc2)c(=O)[nH]n1. The summed E-state index contributed by atoms with van der Waals surface area (Å²) in [4.78, 5) is 23.9. The van der Waals surface area contributed by atoms with Gasteiger partial charge in [0.25, 0.3) is 11.5 Å². The zero-order chi connectivity index (χ0) is 17.7. The quantitative estimate of drug-likeness (QED) is 0.756. The van der Waals surface area contributed by atoms with Crippen LogP contribution < -0.4 is 16.2 Å². The summed E-state index contributed by atoms with van der Waals surface area (Å²) in [5, 5.41) is 12.4. The van der Waals surface area contributed by atoms with Gasteiger partial charge in [0.1, 0.15) is 5.56 Å². The normalized spacial score (nSPS) is 12.7. The first-order valence-electron chi connectivity index (χ1n) is 7.96. The molecule has 6 heteroatoms. The lowest BCUT2D eigenvalue weighted by Gasteiger charge is -2.30. The lowest BCUT2D eigenvalue weighted by Crippen LogP contribution is -2.50. The van der Waals surface area contributed by atoms with Gasteiger partial charge in [0, 0.05) is 18.1 Å². The van der Waals surface area contributed by atoms with Crippen LogP contribution in [0.15, 0.2) is 41.2 Å². The van der Waals surface area contributed by atoms with Crippen molar-refractivity contribution in [1.82, 2.24) is 20.8 Å². The smallest absolute Gasteiger partial charge is 0.277 e. The second-order valence-corrected chi connectivity index (χ2v) is 6.60. The number of rotatable bonds is 6. The van der Waals surface area contributed by atoms with Gasteiger partial charge in [-0.2, -0.15) is 5.10 Å². The molecule has 1 atom stereocenters. The minimum Gasteiger partial charge on any atom is -0.350 e. The molecule has 0 bridgehead atoms. The van der Waals surface area contributed by atoms with Crippen molar-refractivity contribution in [2.45, 2.75) is 39.3 Å². The maximum atomic E-state index is 12.2. The van der Waals surface area contributed by atoms with E-state index in [9.17, 15) is 9.59 Å². The highest BCUT2D eigenvalue weighted by Crippen LogP contribution is 2.15. The van der Waals surface area contributed by atoms with E-state index in [1.165, 1.54) is 11.6 Å². The molecule has 0 radical (unpaired) electrons. The number of amides is 1. The van der Waals surface area contributed by atoms with Crippen molar-refractivity contribution < 1.29 is 4.79 Å². The van der Waals surface area contributed by atoms with Gasteiger partial charge in [0.05, 0.1) is 5.69 Å². The Balaban J connectivity index is 1.98. The van der Waals surface area contributed by atoms with Gasteiger partial charge >= 0.3 is 0 Å². The summed E-state index contributed by atoms with van der Waals surface area (Å²) in [7, 11) is 0. The summed E-state index contributed by atoms with van der Waals surface area (Å²) in [6.07, 6.45) is 0. The second kappa shape index (κ2) is 7.40. The highest BCUT2D eigenvalue weighted by Gasteiger charge is 2.22. The van der Waals surface area contributed by atoms with Crippen LogP contribution in [-0.4, -0.2) is 28.2 Å². The van der Waals surface area contributed by atoms with E-state index in [0.29, 0.717) is 12.2 Å². The third-order valence-corrected chi connectivity index (χ3v) is 3.77. The molecule has 0 saturated carbocycles. The van der Waals surface area contributed by atoms with Crippen LogP contribution in [0.1, 0.15) is 48.4 Å². The molecule has 1 unspecified atom stereocenters. The third kappa shape index (κ3) is 4.76. The molecule has 1 aromatic carbocycles. The van der Waals surface area contributed by atoms with Crippen LogP contribution in [-0.2, 0) is 0 Å². The molecule has 6 nitrogen and oxygen atoms in total. The number of hydrogen-bond donors (Lipinski definition) is 3. The number of carbonyl (C=O) groups is 1. The van der Waals surface area contributed by atoms with Crippen LogP contribution in [0.25, 0.3) is 0 Å². The Morgan fingerprint density at radius 1 is 1.29 bits per heavy atom. The van der Waals surface area contributed by atoms with Crippen molar-refractivity contribution in [3.05, 3.63) is 63.6 Å². The molecule has 0 aliphatic heterocycles. The highest BCUT2D eigenvalue weighted by atomic mass is 16.2. The molecule has 2 aromatic rings. The number of hydrogen-bond acceptors (Lipinski definition) is 4. The number of benzene rings is 1. The first-order valence-corrected chi connectivity index (χ1v) is 7.96. The fraction of sp³-hybridized carbons (Fsp3) is 0.389. The molecule has 3 N–H and O–H groups in total. The lowest BCUT2D eigenvalue weighted by molar-refractivity contribution is 0.0939. The van der Waals surface area contributed by atoms with E-state index in [1.54, 1.807) is 6.92 Å². The molecule has 0 saturated heterocycles. The molecular formula is C18H24N4O2. The maximum absolute atomic E-state index is 12.2. The summed E-state index contributed by atoms with van der Waals surface area (Å²) >= 11 is 0. The van der Waals surface area contributed by atoms with E-state index < -0.39 is 11.5 Å². The zero-order valence-electron chi connectivity index (χ0n) is 14.5. The standard InChI is InChI=1S/C18H24N4O2/c1-12-10-15(17(24)22-21-12)16(23)19-11-18(3,4)20-13(2)14-8-6-5-7-9-14/h5-10,13,20H,11H2,1-4H3,(H,19,23)(H,22,24). The summed E-state index contributed by atoms with van der Waals surface area (Å²) in [5.41, 5.74) is 1.03. The molecule has 2 rings (SSSR count). The average Bonchev–Trinajstić information content (AvgIpc) is 2.55. The monoisotopic (exact) mass is 328 g/mol. The minimum atomic E-state index is -0.485. The molecule has 24 heavy (non-hydrogen) atoms. The van der Waals surface area contributed by atoms with Crippen LogP contribution in [0.5, 0.6) is 0 Å². The molecule has 0 spiro atoms. The van der Waals surface area contributed by atoms with Crippen molar-refractivity contribution in [2.75, 3.05) is 6.54 Å². The average molecular weight is 328 g/mol. The van der Waals surface area contributed by atoms with Gasteiger partial charge in [-0.05, 0) is 39.3 Å². The molecule has 1 heterocycles. The summed E-state index contributed by atoms with van der Waals surface area (Å²) in [6.45, 7) is 8.21. The number of nitrogens with zero attached hydrogens (tertiary/aromatic N) is 1. The Morgan fingerprint density at radius 3 is 2.62 bits per heavy atom. The Morgan fingerprint density at radius 2 is 1.96 bits per heavy atom. The van der Waals surface area contributed by atoms with Gasteiger partial charge in [-0.3, -0.25) is 9.59 Å². The van der Waals surface area contributed by atoms with Gasteiger partial charge in [-0.1, -0.05) is 30.3 Å². The fourth-order valence-corrected chi connectivity index (χ4v) is 2.53. The maximum Gasteiger partial charge on any atom is 0.277 e. The largest absolute Gasteiger partial charge is 0.350 e. The van der Waals surface area contributed by atoms with E-state index in [4.69, 9.17) is 0 Å². The predicted octanol–water partition coefficient (Wildman–Crippen LogP) is 1.94. The van der Waals surface area contributed by atoms with Crippen molar-refractivity contribution in [1.29, 1.82) is 0 Å². The lowest BCUT2D eigenvalue weighted by atomic mass is 10.0. The molecule has 0 aliphatic carbocycles. The topological polar surface area (TPSA) is 86.9 Å². The Kier molecular flexibility index (Phi) is 5.51. The van der Waals surface area contributed by atoms with Gasteiger partial charge in [0.2, 0.25) is 0 Å². The van der Waals surface area contributed by atoms with E-state index in [0.717, 1.165) is 0 Å². The van der Waals surface area contributed by atoms with Crippen molar-refractivity contribution >= 4 is 5.91 Å². The van der Waals surface area contributed by atoms with Gasteiger partial charge in [-0.25, -0.2) is 5.10 Å². The first kappa shape index (κ1) is 17.9. The number of aromatic nitrogens is 2. The molecule has 1 aromatic heterocycles. The van der Waals surface area contributed by atoms with Crippen molar-refractivity contribution in [3.63, 3.8) is 0 Å². The van der Waals surface area contributed by atoms with Crippen LogP contribution in [0.4, 0.5) is 0 Å². The number of carbonyl (C=O) groups excluding carboxylic acids is 1. The van der Waals surface area contributed by atoms with Gasteiger partial charge < -0.3 is 10.6 Å². The van der Waals surface area contributed by atoms with E-state index >= 15 is 0 Å². The molecule has 0 fully saturated rings. The van der Waals surface area contributed by atoms with E-state index in [-0.39, 0.29) is 17.1 Å². The van der Waals surface area contributed by atoms with Crippen molar-refractivity contribution in [2.24, 2.45) is 0 Å². The Labute approximate surface area is 141 Å². The highest BCUT2D eigenvalue weighted by molar-refractivity contribution is 5.93. The molecule has 1 amide bonds. The van der Waals surface area contributed by atoms with Crippen LogP contribution in [0, 0.1) is 6.92 Å². The number of H-pyrrole nitrogens is 1. The van der Waals surface area contributed by atoms with Gasteiger partial charge in [-0.15, -0.1) is 0 Å². The van der Waals surface area contributed by atoms with Crippen LogP contribution in [0.2, 0.25) is 0 Å². The first-order chi connectivity index (χ1) is 11.3. The fourth-order valence-electron chi connectivity index (χ4n) is 2.53. The molecular weight excluding hydrogens is 304 g/mol. The zero-order valence-corrected chi connectivity index (χ0v) is 14.5. The van der Waals surface area contributed by atoms with Gasteiger partial charge in [0.15, 0.2) is 0 Å². The number of aryl methyl sites for hydroxylation is 1. The number of nitrogens with one attached hydrogen (secondary N) is 3. The van der Waals surface area contributed by atoms with E-state index in [2.05, 4.69) is 39.9 Å². The Bertz CT molecular complexity index is 753. The molecule has 128 valence electrons. The van der Waals surface area contributed by atoms with E-state index in [1.807, 2.05) is 32.0 Å². The summed E-state index contributed by atoms with van der Waals surface area (Å²) < 4.78 is 0.